The summed E-state index contributed by atoms with van der Waals surface area (Å²) in [5, 5.41) is -0.0336. The second kappa shape index (κ2) is 7.33. The summed E-state index contributed by atoms with van der Waals surface area (Å²) in [5.74, 6) is -0.395. The third-order valence-corrected chi connectivity index (χ3v) is 3.35. The first kappa shape index (κ1) is 16.0. The Morgan fingerprint density at radius 3 is 2.41 bits per heavy atom. The molecule has 0 spiro atoms. The van der Waals surface area contributed by atoms with E-state index < -0.39 is 10.7 Å². The largest absolute Gasteiger partial charge is 0.465 e. The van der Waals surface area contributed by atoms with E-state index in [0.29, 0.717) is 13.0 Å². The van der Waals surface area contributed by atoms with Crippen LogP contribution in [-0.4, -0.2) is 22.4 Å². The molecule has 0 N–H and O–H groups in total. The van der Waals surface area contributed by atoms with Crippen molar-refractivity contribution in [3.05, 3.63) is 24.3 Å². The smallest absolute Gasteiger partial charge is 0.326 e. The zero-order chi connectivity index (χ0) is 13.5. The average Bonchev–Trinajstić information content (AvgIpc) is 2.28. The number of esters is 1. The van der Waals surface area contributed by atoms with E-state index in [1.54, 1.807) is 32.9 Å². The Labute approximate surface area is 107 Å². The summed E-state index contributed by atoms with van der Waals surface area (Å²) in [6.45, 7) is 11.0. The minimum Gasteiger partial charge on any atom is -0.465 e. The maximum absolute atomic E-state index is 11.9. The van der Waals surface area contributed by atoms with Gasteiger partial charge >= 0.3 is 5.97 Å². The molecule has 0 heterocycles. The summed E-state index contributed by atoms with van der Waals surface area (Å²) >= 11 is 1.00. The molecule has 0 saturated carbocycles. The van der Waals surface area contributed by atoms with E-state index in [4.69, 9.17) is 4.74 Å². The first-order valence-electron chi connectivity index (χ1n) is 5.60. The molecular weight excluding hydrogens is 236 g/mol. The van der Waals surface area contributed by atoms with Crippen LogP contribution in [0.25, 0.3) is 0 Å². The number of hydrogen-bond donors (Lipinski definition) is 0. The number of allylic oxidation sites excluding steroid dienone is 2. The highest BCUT2D eigenvalue weighted by atomic mass is 32.2. The van der Waals surface area contributed by atoms with Gasteiger partial charge in [-0.2, -0.15) is 0 Å². The van der Waals surface area contributed by atoms with Crippen molar-refractivity contribution in [3.8, 4) is 0 Å². The van der Waals surface area contributed by atoms with E-state index in [2.05, 4.69) is 6.58 Å². The van der Waals surface area contributed by atoms with Gasteiger partial charge < -0.3 is 4.74 Å². The SMILES string of the molecule is C=C/C(C)=C/[C@@](C)(SC(=O)CC)C(=O)OCC. The fraction of sp³-hybridized carbons (Fsp3) is 0.538. The first-order valence-corrected chi connectivity index (χ1v) is 6.42. The summed E-state index contributed by atoms with van der Waals surface area (Å²) in [6.07, 6.45) is 3.76. The number of rotatable bonds is 6. The van der Waals surface area contributed by atoms with Crippen molar-refractivity contribution in [1.82, 2.24) is 0 Å². The molecule has 0 aliphatic rings. The number of hydrogen-bond acceptors (Lipinski definition) is 4. The van der Waals surface area contributed by atoms with Gasteiger partial charge in [-0.15, -0.1) is 0 Å². The van der Waals surface area contributed by atoms with E-state index in [9.17, 15) is 9.59 Å². The molecule has 0 aromatic rings. The van der Waals surface area contributed by atoms with Crippen LogP contribution in [0.15, 0.2) is 24.3 Å². The summed E-state index contributed by atoms with van der Waals surface area (Å²) in [7, 11) is 0. The van der Waals surface area contributed by atoms with Gasteiger partial charge in [0, 0.05) is 6.42 Å². The third-order valence-electron chi connectivity index (χ3n) is 2.12. The number of ether oxygens (including phenoxy) is 1. The fourth-order valence-electron chi connectivity index (χ4n) is 1.21. The minimum absolute atomic E-state index is 0.0336. The van der Waals surface area contributed by atoms with Crippen LogP contribution in [0, 0.1) is 0 Å². The van der Waals surface area contributed by atoms with Crippen LogP contribution in [0.2, 0.25) is 0 Å². The Morgan fingerprint density at radius 1 is 1.41 bits per heavy atom. The van der Waals surface area contributed by atoms with Crippen molar-refractivity contribution in [2.24, 2.45) is 0 Å². The Kier molecular flexibility index (Phi) is 6.88. The van der Waals surface area contributed by atoms with Gasteiger partial charge in [0.15, 0.2) is 5.12 Å². The molecule has 0 fully saturated rings. The number of carbonyl (C=O) groups is 2. The highest BCUT2D eigenvalue weighted by Crippen LogP contribution is 2.31. The van der Waals surface area contributed by atoms with E-state index in [0.717, 1.165) is 17.3 Å². The topological polar surface area (TPSA) is 43.4 Å². The van der Waals surface area contributed by atoms with Gasteiger partial charge in [0.2, 0.25) is 0 Å². The summed E-state index contributed by atoms with van der Waals surface area (Å²) in [4.78, 5) is 23.4. The Balaban J connectivity index is 5.12. The molecule has 0 unspecified atom stereocenters. The third kappa shape index (κ3) is 5.22. The molecular formula is C13H20O3S. The highest BCUT2D eigenvalue weighted by molar-refractivity contribution is 8.15. The van der Waals surface area contributed by atoms with Crippen molar-refractivity contribution in [2.45, 2.75) is 38.9 Å². The molecule has 0 aliphatic carbocycles. The molecule has 0 saturated heterocycles. The van der Waals surface area contributed by atoms with E-state index in [1.165, 1.54) is 0 Å². The molecule has 0 bridgehead atoms. The monoisotopic (exact) mass is 256 g/mol. The van der Waals surface area contributed by atoms with E-state index in [-0.39, 0.29) is 5.12 Å². The molecule has 17 heavy (non-hydrogen) atoms. The molecule has 0 aromatic heterocycles. The van der Waals surface area contributed by atoms with Gasteiger partial charge in [-0.1, -0.05) is 43.0 Å². The lowest BCUT2D eigenvalue weighted by molar-refractivity contribution is -0.144. The predicted octanol–water partition coefficient (Wildman–Crippen LogP) is 3.11. The maximum Gasteiger partial charge on any atom is 0.326 e. The molecule has 3 nitrogen and oxygen atoms in total. The molecule has 0 amide bonds. The zero-order valence-electron chi connectivity index (χ0n) is 10.9. The molecule has 0 aliphatic heterocycles. The van der Waals surface area contributed by atoms with E-state index in [1.807, 2.05) is 6.92 Å². The van der Waals surface area contributed by atoms with Gasteiger partial charge in [0.1, 0.15) is 4.75 Å². The maximum atomic E-state index is 11.9. The van der Waals surface area contributed by atoms with Crippen LogP contribution in [0.1, 0.15) is 34.1 Å². The highest BCUT2D eigenvalue weighted by Gasteiger charge is 2.35. The molecule has 1 atom stereocenters. The standard InChI is InChI=1S/C13H20O3S/c1-6-10(4)9-13(5,12(15)16-8-3)17-11(14)7-2/h6,9H,1,7-8H2,2-5H3/b10-9+/t13-/m1/s1. The van der Waals surface area contributed by atoms with Crippen molar-refractivity contribution in [2.75, 3.05) is 6.61 Å². The normalized spacial score (nSPS) is 14.9. The molecule has 0 rings (SSSR count). The lowest BCUT2D eigenvalue weighted by Crippen LogP contribution is -2.33. The summed E-state index contributed by atoms with van der Waals surface area (Å²) < 4.78 is 4.04. The Hall–Kier alpha value is -1.03. The van der Waals surface area contributed by atoms with Gasteiger partial charge in [0.05, 0.1) is 6.61 Å². The van der Waals surface area contributed by atoms with Gasteiger partial charge in [-0.05, 0) is 20.8 Å². The van der Waals surface area contributed by atoms with Gasteiger partial charge in [0.25, 0.3) is 0 Å². The second-order valence-electron chi connectivity index (χ2n) is 3.75. The molecule has 4 heteroatoms. The first-order chi connectivity index (χ1) is 7.89. The van der Waals surface area contributed by atoms with E-state index >= 15 is 0 Å². The second-order valence-corrected chi connectivity index (χ2v) is 5.26. The Bertz CT molecular complexity index is 334. The molecule has 0 aromatic carbocycles. The predicted molar refractivity (Wildman–Crippen MR) is 71.9 cm³/mol. The summed E-state index contributed by atoms with van der Waals surface area (Å²) in [5.41, 5.74) is 0.844. The minimum atomic E-state index is -0.971. The quantitative estimate of drug-likeness (QED) is 0.541. The number of thioether (sulfide) groups is 1. The zero-order valence-corrected chi connectivity index (χ0v) is 11.7. The van der Waals surface area contributed by atoms with Crippen LogP contribution in [0.5, 0.6) is 0 Å². The van der Waals surface area contributed by atoms with Crippen LogP contribution < -0.4 is 0 Å². The molecule has 0 radical (unpaired) electrons. The van der Waals surface area contributed by atoms with Crippen molar-refractivity contribution >= 4 is 22.8 Å². The lowest BCUT2D eigenvalue weighted by Gasteiger charge is -2.22. The van der Waals surface area contributed by atoms with Gasteiger partial charge in [-0.25, -0.2) is 0 Å². The lowest BCUT2D eigenvalue weighted by atomic mass is 10.1. The van der Waals surface area contributed by atoms with Crippen molar-refractivity contribution in [1.29, 1.82) is 0 Å². The van der Waals surface area contributed by atoms with Crippen molar-refractivity contribution in [3.63, 3.8) is 0 Å². The van der Waals surface area contributed by atoms with Gasteiger partial charge in [-0.3, -0.25) is 9.59 Å². The Morgan fingerprint density at radius 2 is 2.00 bits per heavy atom. The molecule has 96 valence electrons. The number of carbonyl (C=O) groups excluding carboxylic acids is 2. The van der Waals surface area contributed by atoms with Crippen LogP contribution in [-0.2, 0) is 14.3 Å². The van der Waals surface area contributed by atoms with Crippen molar-refractivity contribution < 1.29 is 14.3 Å². The van der Waals surface area contributed by atoms with Crippen LogP contribution >= 0.6 is 11.8 Å². The van der Waals surface area contributed by atoms with Crippen LogP contribution in [0.4, 0.5) is 0 Å². The average molecular weight is 256 g/mol. The summed E-state index contributed by atoms with van der Waals surface area (Å²) in [6, 6.07) is 0. The van der Waals surface area contributed by atoms with Crippen LogP contribution in [0.3, 0.4) is 0 Å². The fourth-order valence-corrected chi connectivity index (χ4v) is 2.21.